The molecule has 11 heavy (non-hydrogen) atoms. The van der Waals surface area contributed by atoms with Gasteiger partial charge in [0, 0.05) is 6.54 Å². The molecule has 0 rings (SSSR count). The lowest BCUT2D eigenvalue weighted by Crippen LogP contribution is -2.39. The molecule has 1 atom stereocenters. The zero-order valence-corrected chi connectivity index (χ0v) is 6.84. The van der Waals surface area contributed by atoms with Gasteiger partial charge in [-0.2, -0.15) is 5.01 Å². The van der Waals surface area contributed by atoms with E-state index in [4.69, 9.17) is 11.6 Å². The lowest BCUT2D eigenvalue weighted by atomic mass is 10.6. The summed E-state index contributed by atoms with van der Waals surface area (Å²) in [5, 5.41) is 5.28. The van der Waals surface area contributed by atoms with Crippen LogP contribution in [0.4, 0.5) is 4.79 Å². The third-order valence-corrected chi connectivity index (χ3v) is 1.09. The van der Waals surface area contributed by atoms with Crippen molar-refractivity contribution in [3.8, 4) is 0 Å². The third-order valence-electron chi connectivity index (χ3n) is 0.909. The third kappa shape index (κ3) is 3.18. The van der Waals surface area contributed by atoms with Gasteiger partial charge in [0.25, 0.3) is 0 Å². The fourth-order valence-corrected chi connectivity index (χ4v) is 0.576. The maximum absolute atomic E-state index is 10.8. The van der Waals surface area contributed by atoms with Gasteiger partial charge < -0.3 is 5.32 Å². The first-order valence-electron chi connectivity index (χ1n) is 2.97. The van der Waals surface area contributed by atoms with Crippen LogP contribution in [0, 0.1) is 11.8 Å². The molecule has 0 spiro atoms. The monoisotopic (exact) mass is 178 g/mol. The molecule has 0 aliphatic heterocycles. The average molecular weight is 179 g/mol. The quantitative estimate of drug-likeness (QED) is 0.305. The Balaban J connectivity index is 4.03. The van der Waals surface area contributed by atoms with Gasteiger partial charge in [-0.1, -0.05) is 11.6 Å². The summed E-state index contributed by atoms with van der Waals surface area (Å²) in [4.78, 5) is 20.8. The number of hydrogen-bond acceptors (Lipinski definition) is 3. The average Bonchev–Trinajstić information content (AvgIpc) is 1.88. The van der Waals surface area contributed by atoms with Gasteiger partial charge in [-0.15, -0.1) is 4.91 Å². The van der Waals surface area contributed by atoms with Crippen molar-refractivity contribution in [1.82, 2.24) is 10.3 Å². The maximum atomic E-state index is 10.8. The van der Waals surface area contributed by atoms with Gasteiger partial charge in [-0.25, -0.2) is 4.79 Å². The summed E-state index contributed by atoms with van der Waals surface area (Å²) in [6.45, 7) is 5.01. The van der Waals surface area contributed by atoms with E-state index in [9.17, 15) is 9.70 Å². The van der Waals surface area contributed by atoms with E-state index in [0.717, 1.165) is 0 Å². The highest BCUT2D eigenvalue weighted by molar-refractivity contribution is 6.20. The molecule has 0 heterocycles. The number of carbonyl (C=O) groups is 1. The van der Waals surface area contributed by atoms with Crippen LogP contribution in [-0.2, 0) is 0 Å². The van der Waals surface area contributed by atoms with Crippen molar-refractivity contribution in [2.45, 2.75) is 12.4 Å². The van der Waals surface area contributed by atoms with Crippen molar-refractivity contribution in [3.05, 3.63) is 11.8 Å². The van der Waals surface area contributed by atoms with E-state index in [1.54, 1.807) is 0 Å². The van der Waals surface area contributed by atoms with Crippen molar-refractivity contribution in [2.75, 3.05) is 6.54 Å². The molecule has 1 radical (unpaired) electrons. The molecule has 1 unspecified atom stereocenters. The smallest absolute Gasteiger partial charge is 0.336 e. The topological polar surface area (TPSA) is 61.8 Å². The minimum absolute atomic E-state index is 0.189. The molecular weight excluding hydrogens is 170 g/mol. The second kappa shape index (κ2) is 4.90. The Bertz CT molecular complexity index is 151. The zero-order valence-electron chi connectivity index (χ0n) is 6.08. The Morgan fingerprint density at radius 3 is 2.73 bits per heavy atom. The number of amides is 2. The molecule has 6 heteroatoms. The minimum Gasteiger partial charge on any atom is -0.336 e. The van der Waals surface area contributed by atoms with E-state index >= 15 is 0 Å². The van der Waals surface area contributed by atoms with Crippen molar-refractivity contribution in [2.24, 2.45) is 5.29 Å². The molecule has 2 amide bonds. The van der Waals surface area contributed by atoms with Crippen LogP contribution >= 0.6 is 11.6 Å². The number of hydrogen-bond donors (Lipinski definition) is 1. The van der Waals surface area contributed by atoms with Gasteiger partial charge in [-0.05, 0) is 13.8 Å². The van der Waals surface area contributed by atoms with Crippen molar-refractivity contribution in [1.29, 1.82) is 0 Å². The first kappa shape index (κ1) is 10.2. The zero-order chi connectivity index (χ0) is 8.85. The van der Waals surface area contributed by atoms with E-state index in [2.05, 4.69) is 17.5 Å². The fourth-order valence-electron chi connectivity index (χ4n) is 0.452. The number of carbonyl (C=O) groups excluding carboxylic acids is 1. The molecule has 63 valence electrons. The van der Waals surface area contributed by atoms with E-state index in [1.807, 2.05) is 0 Å². The Kier molecular flexibility index (Phi) is 4.52. The Hall–Kier alpha value is -0.840. The minimum atomic E-state index is -0.751. The van der Waals surface area contributed by atoms with Crippen LogP contribution in [0.15, 0.2) is 5.29 Å². The van der Waals surface area contributed by atoms with Crippen LogP contribution in [0.2, 0.25) is 0 Å². The second-order valence-corrected chi connectivity index (χ2v) is 2.36. The fraction of sp³-hybridized carbons (Fsp3) is 0.600. The highest BCUT2D eigenvalue weighted by atomic mass is 35.5. The molecule has 0 saturated heterocycles. The number of nitrogens with one attached hydrogen (secondary N) is 1. The number of rotatable bonds is 3. The van der Waals surface area contributed by atoms with Gasteiger partial charge in [0.15, 0.2) is 0 Å². The molecule has 0 aliphatic carbocycles. The van der Waals surface area contributed by atoms with Gasteiger partial charge in [0.2, 0.25) is 0 Å². The van der Waals surface area contributed by atoms with Gasteiger partial charge in [0.05, 0.1) is 5.29 Å². The van der Waals surface area contributed by atoms with E-state index in [0.29, 0.717) is 5.01 Å². The number of alkyl halides is 1. The molecule has 0 bridgehead atoms. The lowest BCUT2D eigenvalue weighted by Gasteiger charge is -2.14. The van der Waals surface area contributed by atoms with Gasteiger partial charge in [-0.3, -0.25) is 0 Å². The number of halogens is 1. The SMILES string of the molecule is [CH2]CNC(=O)N(N=O)C(C)Cl. The molecular formula is C5H9ClN3O2. The maximum Gasteiger partial charge on any atom is 0.341 e. The molecule has 0 fully saturated rings. The normalized spacial score (nSPS) is 11.9. The predicted molar refractivity (Wildman–Crippen MR) is 41.7 cm³/mol. The first-order valence-corrected chi connectivity index (χ1v) is 3.40. The van der Waals surface area contributed by atoms with Crippen LogP contribution in [0.5, 0.6) is 0 Å². The molecule has 0 aromatic carbocycles. The summed E-state index contributed by atoms with van der Waals surface area (Å²) >= 11 is 5.43. The lowest BCUT2D eigenvalue weighted by molar-refractivity contribution is 0.197. The summed E-state index contributed by atoms with van der Waals surface area (Å²) in [5.74, 6) is 0. The summed E-state index contributed by atoms with van der Waals surface area (Å²) in [5.41, 5.74) is -0.751. The summed E-state index contributed by atoms with van der Waals surface area (Å²) in [7, 11) is 0. The molecule has 0 saturated carbocycles. The Morgan fingerprint density at radius 1 is 1.91 bits per heavy atom. The number of urea groups is 1. The highest BCUT2D eigenvalue weighted by Gasteiger charge is 2.17. The van der Waals surface area contributed by atoms with E-state index < -0.39 is 11.5 Å². The Labute approximate surface area is 69.6 Å². The molecule has 0 aromatic heterocycles. The van der Waals surface area contributed by atoms with Crippen molar-refractivity contribution < 1.29 is 4.79 Å². The van der Waals surface area contributed by atoms with Gasteiger partial charge >= 0.3 is 6.03 Å². The first-order chi connectivity index (χ1) is 5.13. The van der Waals surface area contributed by atoms with Gasteiger partial charge in [0.1, 0.15) is 5.50 Å². The van der Waals surface area contributed by atoms with Crippen LogP contribution in [-0.4, -0.2) is 23.1 Å². The molecule has 0 aliphatic rings. The summed E-state index contributed by atoms with van der Waals surface area (Å²) in [6, 6.07) is -0.641. The van der Waals surface area contributed by atoms with E-state index in [1.165, 1.54) is 6.92 Å². The van der Waals surface area contributed by atoms with Crippen LogP contribution in [0.3, 0.4) is 0 Å². The second-order valence-electron chi connectivity index (χ2n) is 1.73. The van der Waals surface area contributed by atoms with Crippen LogP contribution < -0.4 is 5.32 Å². The van der Waals surface area contributed by atoms with Crippen molar-refractivity contribution >= 4 is 17.6 Å². The van der Waals surface area contributed by atoms with Crippen molar-refractivity contribution in [3.63, 3.8) is 0 Å². The van der Waals surface area contributed by atoms with Crippen LogP contribution in [0.1, 0.15) is 6.92 Å². The molecule has 5 nitrogen and oxygen atoms in total. The summed E-state index contributed by atoms with van der Waals surface area (Å²) in [6.07, 6.45) is 0. The Morgan fingerprint density at radius 2 is 2.45 bits per heavy atom. The molecule has 0 aromatic rings. The number of nitroso groups, excluding NO2 is 1. The predicted octanol–water partition coefficient (Wildman–Crippen LogP) is 1.10. The molecule has 1 N–H and O–H groups in total. The number of nitrogens with zero attached hydrogens (tertiary/aromatic N) is 2. The highest BCUT2D eigenvalue weighted by Crippen LogP contribution is 2.03. The standard InChI is InChI=1S/C5H9ClN3O2/c1-3-7-5(10)9(8-11)4(2)6/h4H,1,3H2,2H3,(H,7,10). The van der Waals surface area contributed by atoms with Crippen LogP contribution in [0.25, 0.3) is 0 Å². The largest absolute Gasteiger partial charge is 0.341 e. The van der Waals surface area contributed by atoms with E-state index in [-0.39, 0.29) is 6.54 Å². The summed E-state index contributed by atoms with van der Waals surface area (Å²) < 4.78 is 0.